The number of ether oxygens (including phenoxy) is 3. The van der Waals surface area contributed by atoms with Crippen molar-refractivity contribution in [3.05, 3.63) is 47.3 Å². The second-order valence-corrected chi connectivity index (χ2v) is 8.31. The van der Waals surface area contributed by atoms with Crippen molar-refractivity contribution in [1.82, 2.24) is 14.9 Å². The van der Waals surface area contributed by atoms with Crippen molar-refractivity contribution in [2.45, 2.75) is 46.5 Å². The number of hydrogen-bond donors (Lipinski definition) is 1. The number of rotatable bonds is 8. The minimum atomic E-state index is -0.0152. The molecule has 7 heteroatoms. The maximum absolute atomic E-state index is 13.4. The van der Waals surface area contributed by atoms with Crippen LogP contribution in [0.1, 0.15) is 61.3 Å². The standard InChI is InChI=1S/C26H33N3O4/c1-5-31-22-15-19(16-23(32-6-2)24(22)33-7-3)26(30)29-12-10-18(11-13-29)25-27-20-9-8-17(4)14-21(20)28-25/h8-9,14-16,18H,5-7,10-13H2,1-4H3,(H,27,28). The summed E-state index contributed by atoms with van der Waals surface area (Å²) >= 11 is 0. The first-order valence-electron chi connectivity index (χ1n) is 11.9. The van der Waals surface area contributed by atoms with Crippen LogP contribution in [0.2, 0.25) is 0 Å². The topological polar surface area (TPSA) is 76.7 Å². The summed E-state index contributed by atoms with van der Waals surface area (Å²) < 4.78 is 17.3. The predicted octanol–water partition coefficient (Wildman–Crippen LogP) is 5.09. The van der Waals surface area contributed by atoms with E-state index in [1.807, 2.05) is 25.7 Å². The van der Waals surface area contributed by atoms with Gasteiger partial charge < -0.3 is 24.1 Å². The number of hydrogen-bond acceptors (Lipinski definition) is 5. The normalized spacial score (nSPS) is 14.5. The third kappa shape index (κ3) is 4.92. The fourth-order valence-corrected chi connectivity index (χ4v) is 4.39. The van der Waals surface area contributed by atoms with Crippen LogP contribution in [-0.4, -0.2) is 53.7 Å². The molecule has 1 aliphatic rings. The van der Waals surface area contributed by atoms with E-state index in [1.165, 1.54) is 5.56 Å². The van der Waals surface area contributed by atoms with Gasteiger partial charge >= 0.3 is 0 Å². The van der Waals surface area contributed by atoms with Gasteiger partial charge in [0.2, 0.25) is 5.75 Å². The molecule has 3 aromatic rings. The Bertz CT molecular complexity index is 1090. The molecule has 1 N–H and O–H groups in total. The zero-order valence-corrected chi connectivity index (χ0v) is 19.9. The zero-order chi connectivity index (χ0) is 23.4. The monoisotopic (exact) mass is 451 g/mol. The van der Waals surface area contributed by atoms with Crippen LogP contribution in [0.15, 0.2) is 30.3 Å². The quantitative estimate of drug-likeness (QED) is 0.516. The highest BCUT2D eigenvalue weighted by atomic mass is 16.5. The second-order valence-electron chi connectivity index (χ2n) is 8.31. The summed E-state index contributed by atoms with van der Waals surface area (Å²) in [5.41, 5.74) is 3.84. The molecule has 0 unspecified atom stereocenters. The lowest BCUT2D eigenvalue weighted by Crippen LogP contribution is -2.38. The Morgan fingerprint density at radius 1 is 1.00 bits per heavy atom. The Hall–Kier alpha value is -3.22. The molecule has 0 aliphatic carbocycles. The van der Waals surface area contributed by atoms with Gasteiger partial charge in [0.1, 0.15) is 5.82 Å². The number of nitrogens with one attached hydrogen (secondary N) is 1. The highest BCUT2D eigenvalue weighted by Crippen LogP contribution is 2.40. The molecule has 2 heterocycles. The molecule has 7 nitrogen and oxygen atoms in total. The van der Waals surface area contributed by atoms with Gasteiger partial charge in [-0.1, -0.05) is 6.07 Å². The molecule has 0 saturated carbocycles. The summed E-state index contributed by atoms with van der Waals surface area (Å²) in [5.74, 6) is 2.96. The van der Waals surface area contributed by atoms with Gasteiger partial charge in [-0.15, -0.1) is 0 Å². The molecule has 2 aromatic carbocycles. The van der Waals surface area contributed by atoms with Crippen LogP contribution < -0.4 is 14.2 Å². The fourth-order valence-electron chi connectivity index (χ4n) is 4.39. The number of likely N-dealkylation sites (tertiary alicyclic amines) is 1. The summed E-state index contributed by atoms with van der Waals surface area (Å²) in [6.07, 6.45) is 1.75. The van der Waals surface area contributed by atoms with Crippen molar-refractivity contribution in [2.24, 2.45) is 0 Å². The van der Waals surface area contributed by atoms with Crippen LogP contribution in [0.4, 0.5) is 0 Å². The maximum Gasteiger partial charge on any atom is 0.254 e. The molecular weight excluding hydrogens is 418 g/mol. The number of aromatic nitrogens is 2. The number of aryl methyl sites for hydroxylation is 1. The number of benzene rings is 2. The molecule has 1 amide bonds. The van der Waals surface area contributed by atoms with Crippen LogP contribution in [0.5, 0.6) is 17.2 Å². The number of aromatic amines is 1. The van der Waals surface area contributed by atoms with Crippen LogP contribution in [0, 0.1) is 6.92 Å². The predicted molar refractivity (Wildman–Crippen MR) is 129 cm³/mol. The molecule has 1 saturated heterocycles. The Morgan fingerprint density at radius 3 is 2.24 bits per heavy atom. The number of carbonyl (C=O) groups excluding carboxylic acids is 1. The number of H-pyrrole nitrogens is 1. The highest BCUT2D eigenvalue weighted by Gasteiger charge is 2.28. The molecule has 33 heavy (non-hydrogen) atoms. The molecule has 0 spiro atoms. The lowest BCUT2D eigenvalue weighted by molar-refractivity contribution is 0.0710. The van der Waals surface area contributed by atoms with Crippen LogP contribution >= 0.6 is 0 Å². The fraction of sp³-hybridized carbons (Fsp3) is 0.462. The van der Waals surface area contributed by atoms with E-state index in [-0.39, 0.29) is 5.91 Å². The lowest BCUT2D eigenvalue weighted by Gasteiger charge is -2.31. The number of fused-ring (bicyclic) bond motifs is 1. The molecule has 0 atom stereocenters. The minimum absolute atomic E-state index is 0.0152. The minimum Gasteiger partial charge on any atom is -0.490 e. The van der Waals surface area contributed by atoms with Crippen molar-refractivity contribution in [3.8, 4) is 17.2 Å². The lowest BCUT2D eigenvalue weighted by atomic mass is 9.95. The molecule has 1 aromatic heterocycles. The molecule has 4 rings (SSSR count). The first kappa shape index (κ1) is 23.0. The summed E-state index contributed by atoms with van der Waals surface area (Å²) in [7, 11) is 0. The average Bonchev–Trinajstić information content (AvgIpc) is 3.24. The number of nitrogens with zero attached hydrogens (tertiary/aromatic N) is 2. The Labute approximate surface area is 195 Å². The first-order valence-corrected chi connectivity index (χ1v) is 11.9. The largest absolute Gasteiger partial charge is 0.490 e. The SMILES string of the molecule is CCOc1cc(C(=O)N2CCC(c3nc4ccc(C)cc4[nH]3)CC2)cc(OCC)c1OCC. The van der Waals surface area contributed by atoms with Gasteiger partial charge in [0, 0.05) is 24.6 Å². The van der Waals surface area contributed by atoms with Crippen LogP contribution in [0.3, 0.4) is 0 Å². The van der Waals surface area contributed by atoms with Gasteiger partial charge in [-0.05, 0) is 70.4 Å². The Morgan fingerprint density at radius 2 is 1.64 bits per heavy atom. The van der Waals surface area contributed by atoms with Gasteiger partial charge in [-0.3, -0.25) is 4.79 Å². The Balaban J connectivity index is 1.50. The third-order valence-electron chi connectivity index (χ3n) is 5.98. The highest BCUT2D eigenvalue weighted by molar-refractivity contribution is 5.95. The van der Waals surface area contributed by atoms with E-state index in [1.54, 1.807) is 12.1 Å². The molecule has 0 bridgehead atoms. The van der Waals surface area contributed by atoms with E-state index < -0.39 is 0 Å². The third-order valence-corrected chi connectivity index (χ3v) is 5.98. The number of amides is 1. The molecular formula is C26H33N3O4. The van der Waals surface area contributed by atoms with Crippen molar-refractivity contribution in [2.75, 3.05) is 32.9 Å². The van der Waals surface area contributed by atoms with Gasteiger partial charge in [-0.2, -0.15) is 0 Å². The summed E-state index contributed by atoms with van der Waals surface area (Å²) in [6.45, 7) is 10.6. The van der Waals surface area contributed by atoms with Crippen LogP contribution in [-0.2, 0) is 0 Å². The van der Waals surface area contributed by atoms with Gasteiger partial charge in [-0.25, -0.2) is 4.98 Å². The molecule has 0 radical (unpaired) electrons. The van der Waals surface area contributed by atoms with Crippen molar-refractivity contribution < 1.29 is 19.0 Å². The number of carbonyl (C=O) groups is 1. The van der Waals surface area contributed by atoms with Crippen molar-refractivity contribution in [1.29, 1.82) is 0 Å². The molecule has 1 fully saturated rings. The molecule has 176 valence electrons. The van der Waals surface area contributed by atoms with E-state index >= 15 is 0 Å². The Kier molecular flexibility index (Phi) is 7.06. The second kappa shape index (κ2) is 10.1. The van der Waals surface area contributed by atoms with Gasteiger partial charge in [0.15, 0.2) is 11.5 Å². The smallest absolute Gasteiger partial charge is 0.254 e. The van der Waals surface area contributed by atoms with Crippen LogP contribution in [0.25, 0.3) is 11.0 Å². The summed E-state index contributed by atoms with van der Waals surface area (Å²) in [4.78, 5) is 23.5. The summed E-state index contributed by atoms with van der Waals surface area (Å²) in [6, 6.07) is 9.81. The first-order chi connectivity index (χ1) is 16.0. The average molecular weight is 452 g/mol. The maximum atomic E-state index is 13.4. The van der Waals surface area contributed by atoms with Crippen molar-refractivity contribution >= 4 is 16.9 Å². The van der Waals surface area contributed by atoms with E-state index in [9.17, 15) is 4.79 Å². The van der Waals surface area contributed by atoms with E-state index in [0.717, 1.165) is 29.7 Å². The van der Waals surface area contributed by atoms with E-state index in [2.05, 4.69) is 30.1 Å². The van der Waals surface area contributed by atoms with E-state index in [0.29, 0.717) is 61.6 Å². The number of piperidine rings is 1. The zero-order valence-electron chi connectivity index (χ0n) is 19.9. The molecule has 1 aliphatic heterocycles. The van der Waals surface area contributed by atoms with Gasteiger partial charge in [0.25, 0.3) is 5.91 Å². The van der Waals surface area contributed by atoms with Gasteiger partial charge in [0.05, 0.1) is 30.9 Å². The number of imidazole rings is 1. The van der Waals surface area contributed by atoms with E-state index in [4.69, 9.17) is 19.2 Å². The summed E-state index contributed by atoms with van der Waals surface area (Å²) in [5, 5.41) is 0. The van der Waals surface area contributed by atoms with Crippen molar-refractivity contribution in [3.63, 3.8) is 0 Å².